The van der Waals surface area contributed by atoms with Crippen LogP contribution in [-0.2, 0) is 4.79 Å². The van der Waals surface area contributed by atoms with E-state index in [9.17, 15) is 9.90 Å². The normalized spacial score (nSPS) is 20.4. The van der Waals surface area contributed by atoms with Crippen LogP contribution in [0.5, 0.6) is 5.75 Å². The molecule has 5 nitrogen and oxygen atoms in total. The van der Waals surface area contributed by atoms with Crippen molar-refractivity contribution < 1.29 is 14.6 Å². The van der Waals surface area contributed by atoms with Gasteiger partial charge in [0.25, 0.3) is 0 Å². The van der Waals surface area contributed by atoms with E-state index in [2.05, 4.69) is 10.2 Å². The molecule has 1 aromatic rings. The summed E-state index contributed by atoms with van der Waals surface area (Å²) in [4.78, 5) is 13.3. The Balaban J connectivity index is 1.72. The first-order chi connectivity index (χ1) is 10.5. The third-order valence-electron chi connectivity index (χ3n) is 3.85. The number of likely N-dealkylation sites (tertiary alicyclic amines) is 1. The number of nitrogens with zero attached hydrogens (tertiary/aromatic N) is 1. The molecule has 1 aliphatic heterocycles. The number of benzene rings is 1. The molecule has 1 aromatic carbocycles. The van der Waals surface area contributed by atoms with Crippen LogP contribution in [0.25, 0.3) is 0 Å². The number of rotatable bonds is 6. The molecule has 1 amide bonds. The van der Waals surface area contributed by atoms with Crippen LogP contribution in [0.3, 0.4) is 0 Å². The van der Waals surface area contributed by atoms with E-state index in [0.717, 1.165) is 31.7 Å². The van der Waals surface area contributed by atoms with E-state index in [0.29, 0.717) is 6.54 Å². The van der Waals surface area contributed by atoms with E-state index in [1.165, 1.54) is 5.56 Å². The molecule has 122 valence electrons. The van der Waals surface area contributed by atoms with E-state index in [1.807, 2.05) is 31.2 Å². The molecule has 5 heteroatoms. The van der Waals surface area contributed by atoms with E-state index in [1.54, 1.807) is 6.92 Å². The fraction of sp³-hybridized carbons (Fsp3) is 0.588. The zero-order valence-electron chi connectivity index (χ0n) is 13.4. The van der Waals surface area contributed by atoms with Crippen LogP contribution < -0.4 is 10.1 Å². The Morgan fingerprint density at radius 2 is 2.18 bits per heavy atom. The molecule has 2 rings (SSSR count). The Bertz CT molecular complexity index is 475. The van der Waals surface area contributed by atoms with Gasteiger partial charge in [-0.1, -0.05) is 17.7 Å². The van der Waals surface area contributed by atoms with E-state index in [4.69, 9.17) is 4.74 Å². The number of nitrogens with one attached hydrogen (secondary N) is 1. The van der Waals surface area contributed by atoms with Gasteiger partial charge in [-0.3, -0.25) is 9.69 Å². The van der Waals surface area contributed by atoms with Crippen molar-refractivity contribution in [3.8, 4) is 5.75 Å². The number of aryl methyl sites for hydroxylation is 1. The van der Waals surface area contributed by atoms with Crippen LogP contribution >= 0.6 is 0 Å². The minimum absolute atomic E-state index is 0.00935. The van der Waals surface area contributed by atoms with Crippen molar-refractivity contribution in [1.29, 1.82) is 0 Å². The number of aliphatic hydroxyl groups excluding tert-OH is 1. The number of hydrogen-bond acceptors (Lipinski definition) is 4. The van der Waals surface area contributed by atoms with Crippen molar-refractivity contribution in [3.63, 3.8) is 0 Å². The first-order valence-corrected chi connectivity index (χ1v) is 7.90. The monoisotopic (exact) mass is 306 g/mol. The second-order valence-electron chi connectivity index (χ2n) is 6.08. The lowest BCUT2D eigenvalue weighted by Gasteiger charge is -2.34. The summed E-state index contributed by atoms with van der Waals surface area (Å²) >= 11 is 0. The summed E-state index contributed by atoms with van der Waals surface area (Å²) in [7, 11) is 0. The fourth-order valence-corrected chi connectivity index (χ4v) is 2.80. The first kappa shape index (κ1) is 16.8. The molecule has 2 N–H and O–H groups in total. The Kier molecular flexibility index (Phi) is 6.21. The van der Waals surface area contributed by atoms with Gasteiger partial charge >= 0.3 is 0 Å². The minimum Gasteiger partial charge on any atom is -0.491 e. The number of carbonyl (C=O) groups is 1. The van der Waals surface area contributed by atoms with Gasteiger partial charge in [-0.2, -0.15) is 0 Å². The maximum absolute atomic E-state index is 11.1. The highest BCUT2D eigenvalue weighted by Gasteiger charge is 2.22. The van der Waals surface area contributed by atoms with Gasteiger partial charge in [-0.05, 0) is 38.4 Å². The van der Waals surface area contributed by atoms with Crippen molar-refractivity contribution in [1.82, 2.24) is 10.2 Å². The smallest absolute Gasteiger partial charge is 0.217 e. The van der Waals surface area contributed by atoms with Crippen LogP contribution in [0, 0.1) is 6.92 Å². The van der Waals surface area contributed by atoms with Gasteiger partial charge in [0.15, 0.2) is 0 Å². The molecule has 2 atom stereocenters. The summed E-state index contributed by atoms with van der Waals surface area (Å²) in [6.07, 6.45) is 1.51. The average molecular weight is 306 g/mol. The quantitative estimate of drug-likeness (QED) is 0.832. The van der Waals surface area contributed by atoms with Gasteiger partial charge in [-0.15, -0.1) is 0 Å². The number of piperidine rings is 1. The summed E-state index contributed by atoms with van der Waals surface area (Å²) in [6.45, 7) is 6.18. The fourth-order valence-electron chi connectivity index (χ4n) is 2.80. The molecular weight excluding hydrogens is 280 g/mol. The van der Waals surface area contributed by atoms with E-state index < -0.39 is 6.10 Å². The molecule has 1 aliphatic rings. The summed E-state index contributed by atoms with van der Waals surface area (Å²) < 4.78 is 5.61. The molecule has 0 aliphatic carbocycles. The Hall–Kier alpha value is -1.59. The number of aliphatic hydroxyl groups is 1. The second-order valence-corrected chi connectivity index (χ2v) is 6.08. The second kappa shape index (κ2) is 8.15. The van der Waals surface area contributed by atoms with E-state index >= 15 is 0 Å². The van der Waals surface area contributed by atoms with Gasteiger partial charge in [0.1, 0.15) is 18.5 Å². The van der Waals surface area contributed by atoms with Crippen LogP contribution in [0.15, 0.2) is 24.3 Å². The van der Waals surface area contributed by atoms with Crippen LogP contribution in [-0.4, -0.2) is 54.3 Å². The van der Waals surface area contributed by atoms with Crippen LogP contribution in [0.2, 0.25) is 0 Å². The topological polar surface area (TPSA) is 61.8 Å². The van der Waals surface area contributed by atoms with Gasteiger partial charge in [0.05, 0.1) is 0 Å². The maximum Gasteiger partial charge on any atom is 0.217 e. The number of ether oxygens (including phenoxy) is 1. The van der Waals surface area contributed by atoms with Crippen molar-refractivity contribution in [2.45, 2.75) is 38.8 Å². The highest BCUT2D eigenvalue weighted by atomic mass is 16.5. The lowest BCUT2D eigenvalue weighted by Crippen LogP contribution is -2.49. The predicted molar refractivity (Wildman–Crippen MR) is 86.0 cm³/mol. The van der Waals surface area contributed by atoms with Gasteiger partial charge in [-0.25, -0.2) is 0 Å². The molecule has 0 spiro atoms. The van der Waals surface area contributed by atoms with Gasteiger partial charge < -0.3 is 15.2 Å². The van der Waals surface area contributed by atoms with Crippen LogP contribution in [0.4, 0.5) is 0 Å². The lowest BCUT2D eigenvalue weighted by molar-refractivity contribution is -0.120. The van der Waals surface area contributed by atoms with Crippen molar-refractivity contribution in [2.24, 2.45) is 0 Å². The summed E-state index contributed by atoms with van der Waals surface area (Å²) in [5.74, 6) is 0.787. The zero-order valence-corrected chi connectivity index (χ0v) is 13.4. The summed E-state index contributed by atoms with van der Waals surface area (Å²) in [5.41, 5.74) is 1.19. The van der Waals surface area contributed by atoms with E-state index in [-0.39, 0.29) is 18.6 Å². The Morgan fingerprint density at radius 3 is 2.86 bits per heavy atom. The number of β-amino-alcohol motifs (C(OH)–C–C–N with tert-alkyl or cyclic N) is 1. The maximum atomic E-state index is 11.1. The third kappa shape index (κ3) is 5.66. The lowest BCUT2D eigenvalue weighted by atomic mass is 10.1. The van der Waals surface area contributed by atoms with Crippen molar-refractivity contribution in [2.75, 3.05) is 26.2 Å². The highest BCUT2D eigenvalue weighted by Crippen LogP contribution is 2.13. The zero-order chi connectivity index (χ0) is 15.9. The molecule has 1 fully saturated rings. The largest absolute Gasteiger partial charge is 0.491 e. The Morgan fingerprint density at radius 1 is 1.45 bits per heavy atom. The summed E-state index contributed by atoms with van der Waals surface area (Å²) in [5, 5.41) is 13.1. The molecule has 0 bridgehead atoms. The third-order valence-corrected chi connectivity index (χ3v) is 3.85. The number of carbonyl (C=O) groups excluding carboxylic acids is 1. The van der Waals surface area contributed by atoms with Crippen molar-refractivity contribution in [3.05, 3.63) is 29.8 Å². The molecule has 2 unspecified atom stereocenters. The highest BCUT2D eigenvalue weighted by molar-refractivity contribution is 5.73. The SMILES string of the molecule is CC(=O)NC1CCCN(CC(O)COc2ccc(C)cc2)C1. The standard InChI is InChI=1S/C17H26N2O3/c1-13-5-7-17(8-6-13)22-12-16(21)11-19-9-3-4-15(10-19)18-14(2)20/h5-8,15-16,21H,3-4,9-12H2,1-2H3,(H,18,20). The Labute approximate surface area is 132 Å². The average Bonchev–Trinajstić information content (AvgIpc) is 2.46. The van der Waals surface area contributed by atoms with Gasteiger partial charge in [0.2, 0.25) is 5.91 Å². The molecule has 22 heavy (non-hydrogen) atoms. The molecular formula is C17H26N2O3. The van der Waals surface area contributed by atoms with Crippen LogP contribution in [0.1, 0.15) is 25.3 Å². The molecule has 0 radical (unpaired) electrons. The predicted octanol–water partition coefficient (Wildman–Crippen LogP) is 1.34. The van der Waals surface area contributed by atoms with Crippen molar-refractivity contribution >= 4 is 5.91 Å². The minimum atomic E-state index is -0.530. The number of hydrogen-bond donors (Lipinski definition) is 2. The number of amides is 1. The molecule has 0 saturated carbocycles. The molecule has 1 saturated heterocycles. The van der Waals surface area contributed by atoms with Gasteiger partial charge in [0, 0.05) is 26.1 Å². The summed E-state index contributed by atoms with van der Waals surface area (Å²) in [6, 6.07) is 8.00. The molecule has 1 heterocycles. The molecule has 0 aromatic heterocycles. The first-order valence-electron chi connectivity index (χ1n) is 7.90.